The Morgan fingerprint density at radius 2 is 1.80 bits per heavy atom. The summed E-state index contributed by atoms with van der Waals surface area (Å²) in [5, 5.41) is 23.1. The minimum atomic E-state index is -0.427. The molecule has 1 atom stereocenters. The van der Waals surface area contributed by atoms with Crippen LogP contribution in [0.1, 0.15) is 16.7 Å². The summed E-state index contributed by atoms with van der Waals surface area (Å²) < 4.78 is 0. The number of hydrogen-bond donors (Lipinski definition) is 3. The number of hydrogen-bond acceptors (Lipinski definition) is 3. The van der Waals surface area contributed by atoms with Crippen LogP contribution in [0.2, 0.25) is 0 Å². The van der Waals surface area contributed by atoms with Crippen LogP contribution in [0.4, 0.5) is 0 Å². The summed E-state index contributed by atoms with van der Waals surface area (Å²) in [6, 6.07) is 15.6. The lowest BCUT2D eigenvalue weighted by Crippen LogP contribution is -2.28. The van der Waals surface area contributed by atoms with E-state index in [0.29, 0.717) is 25.3 Å². The predicted molar refractivity (Wildman–Crippen MR) is 80.7 cm³/mol. The molecule has 0 radical (unpaired) electrons. The average molecular weight is 271 g/mol. The standard InChI is InChI=1S/C17H21NO2/c1-13-6-5-9-15(17(13)20)11-18-12-16(19)10-14-7-3-2-4-8-14/h2-9,16,18-20H,10-12H2,1H3. The van der Waals surface area contributed by atoms with Gasteiger partial charge in [-0.25, -0.2) is 0 Å². The Morgan fingerprint density at radius 3 is 2.55 bits per heavy atom. The fourth-order valence-electron chi connectivity index (χ4n) is 2.19. The summed E-state index contributed by atoms with van der Waals surface area (Å²) >= 11 is 0. The molecule has 0 fully saturated rings. The summed E-state index contributed by atoms with van der Waals surface area (Å²) in [6.45, 7) is 2.94. The van der Waals surface area contributed by atoms with Crippen molar-refractivity contribution in [2.75, 3.05) is 6.54 Å². The van der Waals surface area contributed by atoms with Crippen LogP contribution in [-0.4, -0.2) is 22.9 Å². The number of aryl methyl sites for hydroxylation is 1. The molecule has 2 aromatic rings. The Hall–Kier alpha value is -1.84. The molecule has 0 aliphatic rings. The minimum absolute atomic E-state index is 0.331. The van der Waals surface area contributed by atoms with Crippen molar-refractivity contribution in [3.63, 3.8) is 0 Å². The van der Waals surface area contributed by atoms with Gasteiger partial charge in [-0.15, -0.1) is 0 Å². The van der Waals surface area contributed by atoms with E-state index in [4.69, 9.17) is 0 Å². The Morgan fingerprint density at radius 1 is 1.05 bits per heavy atom. The van der Waals surface area contributed by atoms with E-state index in [1.54, 1.807) is 0 Å². The van der Waals surface area contributed by atoms with Crippen molar-refractivity contribution in [3.05, 3.63) is 65.2 Å². The maximum absolute atomic E-state index is 9.98. The van der Waals surface area contributed by atoms with E-state index in [1.165, 1.54) is 0 Å². The average Bonchev–Trinajstić information content (AvgIpc) is 2.44. The second kappa shape index (κ2) is 7.08. The molecule has 0 amide bonds. The third kappa shape index (κ3) is 4.08. The first-order chi connectivity index (χ1) is 9.66. The van der Waals surface area contributed by atoms with Gasteiger partial charge in [-0.1, -0.05) is 48.5 Å². The molecule has 3 nitrogen and oxygen atoms in total. The molecule has 0 saturated carbocycles. The number of phenols is 1. The second-order valence-corrected chi connectivity index (χ2v) is 5.06. The molecule has 20 heavy (non-hydrogen) atoms. The molecular weight excluding hydrogens is 250 g/mol. The molecule has 0 aliphatic heterocycles. The normalized spacial score (nSPS) is 12.3. The SMILES string of the molecule is Cc1cccc(CNCC(O)Cc2ccccc2)c1O. The van der Waals surface area contributed by atoms with Gasteiger partial charge in [-0.3, -0.25) is 0 Å². The first-order valence-electron chi connectivity index (χ1n) is 6.87. The van der Waals surface area contributed by atoms with Crippen LogP contribution in [0, 0.1) is 6.92 Å². The maximum Gasteiger partial charge on any atom is 0.122 e. The van der Waals surface area contributed by atoms with Gasteiger partial charge in [-0.2, -0.15) is 0 Å². The zero-order chi connectivity index (χ0) is 14.4. The fraction of sp³-hybridized carbons (Fsp3) is 0.294. The molecule has 0 spiro atoms. The van der Waals surface area contributed by atoms with Crippen LogP contribution in [0.15, 0.2) is 48.5 Å². The van der Waals surface area contributed by atoms with Gasteiger partial charge in [0.1, 0.15) is 5.75 Å². The molecule has 0 heterocycles. The van der Waals surface area contributed by atoms with Crippen molar-refractivity contribution >= 4 is 0 Å². The lowest BCUT2D eigenvalue weighted by molar-refractivity contribution is 0.171. The number of nitrogens with one attached hydrogen (secondary N) is 1. The molecule has 0 aliphatic carbocycles. The number of aromatic hydroxyl groups is 1. The van der Waals surface area contributed by atoms with Crippen LogP contribution in [0.25, 0.3) is 0 Å². The summed E-state index contributed by atoms with van der Waals surface area (Å²) in [4.78, 5) is 0. The number of para-hydroxylation sites is 1. The van der Waals surface area contributed by atoms with Crippen LogP contribution in [-0.2, 0) is 13.0 Å². The highest BCUT2D eigenvalue weighted by Gasteiger charge is 2.07. The molecule has 106 valence electrons. The number of aliphatic hydroxyl groups excluding tert-OH is 1. The lowest BCUT2D eigenvalue weighted by Gasteiger charge is -2.13. The Labute approximate surface area is 119 Å². The molecule has 0 saturated heterocycles. The van der Waals surface area contributed by atoms with E-state index in [2.05, 4.69) is 5.32 Å². The summed E-state index contributed by atoms with van der Waals surface area (Å²) in [6.07, 6.45) is 0.206. The topological polar surface area (TPSA) is 52.5 Å². The Bertz CT molecular complexity index is 540. The van der Waals surface area contributed by atoms with Crippen LogP contribution >= 0.6 is 0 Å². The summed E-state index contributed by atoms with van der Waals surface area (Å²) in [5.74, 6) is 0.331. The monoisotopic (exact) mass is 271 g/mol. The van der Waals surface area contributed by atoms with Crippen LogP contribution in [0.3, 0.4) is 0 Å². The van der Waals surface area contributed by atoms with E-state index in [9.17, 15) is 10.2 Å². The summed E-state index contributed by atoms with van der Waals surface area (Å²) in [7, 11) is 0. The third-order valence-electron chi connectivity index (χ3n) is 3.33. The molecule has 1 unspecified atom stereocenters. The zero-order valence-corrected chi connectivity index (χ0v) is 11.7. The van der Waals surface area contributed by atoms with Crippen molar-refractivity contribution in [1.82, 2.24) is 5.32 Å². The van der Waals surface area contributed by atoms with Crippen molar-refractivity contribution in [1.29, 1.82) is 0 Å². The van der Waals surface area contributed by atoms with Gasteiger partial charge in [0.05, 0.1) is 6.10 Å². The highest BCUT2D eigenvalue weighted by Crippen LogP contribution is 2.20. The van der Waals surface area contributed by atoms with E-state index in [0.717, 1.165) is 16.7 Å². The van der Waals surface area contributed by atoms with E-state index >= 15 is 0 Å². The molecular formula is C17H21NO2. The van der Waals surface area contributed by atoms with Crippen molar-refractivity contribution in [2.24, 2.45) is 0 Å². The van der Waals surface area contributed by atoms with Crippen LogP contribution in [0.5, 0.6) is 5.75 Å². The molecule has 2 aromatic carbocycles. The first-order valence-corrected chi connectivity index (χ1v) is 6.87. The molecule has 3 N–H and O–H groups in total. The second-order valence-electron chi connectivity index (χ2n) is 5.06. The van der Waals surface area contributed by atoms with E-state index < -0.39 is 6.10 Å². The predicted octanol–water partition coefficient (Wildman–Crippen LogP) is 2.39. The van der Waals surface area contributed by atoms with Crippen LogP contribution < -0.4 is 5.32 Å². The number of rotatable bonds is 6. The smallest absolute Gasteiger partial charge is 0.122 e. The highest BCUT2D eigenvalue weighted by atomic mass is 16.3. The van der Waals surface area contributed by atoms with E-state index in [-0.39, 0.29) is 0 Å². The van der Waals surface area contributed by atoms with Gasteiger partial charge in [0.2, 0.25) is 0 Å². The number of benzene rings is 2. The maximum atomic E-state index is 9.98. The Kier molecular flexibility index (Phi) is 5.16. The van der Waals surface area contributed by atoms with Gasteiger partial charge in [0.15, 0.2) is 0 Å². The lowest BCUT2D eigenvalue weighted by atomic mass is 10.1. The third-order valence-corrected chi connectivity index (χ3v) is 3.33. The Balaban J connectivity index is 1.79. The zero-order valence-electron chi connectivity index (χ0n) is 11.7. The van der Waals surface area contributed by atoms with Gasteiger partial charge >= 0.3 is 0 Å². The van der Waals surface area contributed by atoms with Gasteiger partial charge in [0.25, 0.3) is 0 Å². The minimum Gasteiger partial charge on any atom is -0.507 e. The molecule has 0 aromatic heterocycles. The number of aliphatic hydroxyl groups is 1. The quantitative estimate of drug-likeness (QED) is 0.756. The van der Waals surface area contributed by atoms with Gasteiger partial charge in [-0.05, 0) is 24.5 Å². The van der Waals surface area contributed by atoms with E-state index in [1.807, 2.05) is 55.5 Å². The van der Waals surface area contributed by atoms with Crippen molar-refractivity contribution < 1.29 is 10.2 Å². The van der Waals surface area contributed by atoms with Crippen molar-refractivity contribution in [3.8, 4) is 5.75 Å². The largest absolute Gasteiger partial charge is 0.507 e. The fourth-order valence-corrected chi connectivity index (χ4v) is 2.19. The molecule has 0 bridgehead atoms. The van der Waals surface area contributed by atoms with Gasteiger partial charge < -0.3 is 15.5 Å². The number of phenolic OH excluding ortho intramolecular Hbond substituents is 1. The molecule has 3 heteroatoms. The highest BCUT2D eigenvalue weighted by molar-refractivity contribution is 5.39. The van der Waals surface area contributed by atoms with Gasteiger partial charge in [0, 0.05) is 18.7 Å². The summed E-state index contributed by atoms with van der Waals surface area (Å²) in [5.41, 5.74) is 2.85. The first kappa shape index (κ1) is 14.6. The van der Waals surface area contributed by atoms with Crippen molar-refractivity contribution in [2.45, 2.75) is 26.0 Å². The molecule has 2 rings (SSSR count).